The van der Waals surface area contributed by atoms with Crippen molar-refractivity contribution in [2.45, 2.75) is 85.3 Å². The number of nitrogens with two attached hydrogens (primary N) is 1. The van der Waals surface area contributed by atoms with Crippen LogP contribution in [0.1, 0.15) is 79.1 Å². The van der Waals surface area contributed by atoms with Crippen molar-refractivity contribution < 1.29 is 9.53 Å². The van der Waals surface area contributed by atoms with Crippen molar-refractivity contribution in [1.29, 1.82) is 0 Å². The van der Waals surface area contributed by atoms with Crippen molar-refractivity contribution in [3.8, 4) is 0 Å². The predicted octanol–water partition coefficient (Wildman–Crippen LogP) is 4.80. The minimum absolute atomic E-state index is 0.174. The monoisotopic (exact) mass is 297 g/mol. The summed E-state index contributed by atoms with van der Waals surface area (Å²) in [7, 11) is 0. The normalized spacial score (nSPS) is 15.3. The zero-order chi connectivity index (χ0) is 16.3. The third kappa shape index (κ3) is 9.67. The largest absolute Gasteiger partial charge is 0.443 e. The highest BCUT2D eigenvalue weighted by Crippen LogP contribution is 2.22. The van der Waals surface area contributed by atoms with E-state index in [1.54, 1.807) is 6.92 Å². The lowest BCUT2D eigenvalue weighted by atomic mass is 9.89. The third-order valence-electron chi connectivity index (χ3n) is 4.27. The lowest BCUT2D eigenvalue weighted by Crippen LogP contribution is -2.37. The van der Waals surface area contributed by atoms with Gasteiger partial charge in [-0.1, -0.05) is 78.7 Å². The van der Waals surface area contributed by atoms with Gasteiger partial charge in [-0.3, -0.25) is 5.73 Å². The van der Waals surface area contributed by atoms with Gasteiger partial charge in [0, 0.05) is 11.5 Å². The van der Waals surface area contributed by atoms with Crippen molar-refractivity contribution >= 4 is 5.97 Å². The van der Waals surface area contributed by atoms with Crippen LogP contribution in [0.2, 0.25) is 0 Å². The van der Waals surface area contributed by atoms with Crippen molar-refractivity contribution in [1.82, 2.24) is 0 Å². The number of carbonyl (C=O) groups excluding carboxylic acids is 1. The van der Waals surface area contributed by atoms with Crippen LogP contribution in [0.4, 0.5) is 0 Å². The summed E-state index contributed by atoms with van der Waals surface area (Å²) in [6.07, 6.45) is 9.85. The second kappa shape index (κ2) is 11.8. The van der Waals surface area contributed by atoms with Crippen LogP contribution in [0, 0.1) is 11.8 Å². The second-order valence-corrected chi connectivity index (χ2v) is 6.40. The molecule has 0 saturated carbocycles. The van der Waals surface area contributed by atoms with Gasteiger partial charge < -0.3 is 4.74 Å². The van der Waals surface area contributed by atoms with Gasteiger partial charge in [-0.05, 0) is 12.8 Å². The first-order chi connectivity index (χ1) is 9.90. The van der Waals surface area contributed by atoms with Gasteiger partial charge >= 0.3 is 5.97 Å². The maximum absolute atomic E-state index is 11.5. The Labute approximate surface area is 131 Å². The molecular weight excluding hydrogens is 262 g/mol. The molecule has 124 valence electrons. The molecule has 0 bridgehead atoms. The van der Waals surface area contributed by atoms with E-state index in [9.17, 15) is 4.79 Å². The van der Waals surface area contributed by atoms with Crippen LogP contribution in [-0.4, -0.2) is 12.2 Å². The Hall–Kier alpha value is -0.830. The van der Waals surface area contributed by atoms with E-state index in [-0.39, 0.29) is 5.92 Å². The Morgan fingerprint density at radius 1 is 1.10 bits per heavy atom. The maximum Gasteiger partial charge on any atom is 0.334 e. The molecule has 0 aromatic rings. The minimum atomic E-state index is -0.534. The quantitative estimate of drug-likeness (QED) is 0.243. The molecule has 0 rings (SSSR count). The lowest BCUT2D eigenvalue weighted by molar-refractivity contribution is -0.147. The van der Waals surface area contributed by atoms with E-state index in [0.29, 0.717) is 11.5 Å². The Morgan fingerprint density at radius 2 is 1.62 bits per heavy atom. The molecule has 21 heavy (non-hydrogen) atoms. The van der Waals surface area contributed by atoms with Crippen molar-refractivity contribution in [2.75, 3.05) is 0 Å². The molecule has 0 fully saturated rings. The molecule has 0 aromatic carbocycles. The van der Waals surface area contributed by atoms with E-state index < -0.39 is 12.2 Å². The molecule has 0 saturated heterocycles. The molecule has 0 heterocycles. The minimum Gasteiger partial charge on any atom is -0.443 e. The standard InChI is InChI=1S/C18H35NO2/c1-6-7-8-9-10-11-12-13-15(4)16(5)17(19)21-18(20)14(2)3/h15-17H,2,6-13,19H2,1,3-5H3. The molecule has 3 heteroatoms. The van der Waals surface area contributed by atoms with Crippen molar-refractivity contribution in [2.24, 2.45) is 17.6 Å². The van der Waals surface area contributed by atoms with Crippen LogP contribution >= 0.6 is 0 Å². The molecule has 2 N–H and O–H groups in total. The summed E-state index contributed by atoms with van der Waals surface area (Å²) < 4.78 is 5.21. The summed E-state index contributed by atoms with van der Waals surface area (Å²) in [6, 6.07) is 0. The number of esters is 1. The molecule has 0 amide bonds. The average Bonchev–Trinajstić information content (AvgIpc) is 2.44. The summed E-state index contributed by atoms with van der Waals surface area (Å²) in [5.41, 5.74) is 6.36. The van der Waals surface area contributed by atoms with Gasteiger partial charge in [-0.15, -0.1) is 0 Å². The van der Waals surface area contributed by atoms with Gasteiger partial charge in [-0.25, -0.2) is 4.79 Å². The second-order valence-electron chi connectivity index (χ2n) is 6.40. The zero-order valence-corrected chi connectivity index (χ0v) is 14.5. The number of hydrogen-bond acceptors (Lipinski definition) is 3. The van der Waals surface area contributed by atoms with Crippen LogP contribution in [-0.2, 0) is 9.53 Å². The van der Waals surface area contributed by atoms with Crippen molar-refractivity contribution in [3.05, 3.63) is 12.2 Å². The Bertz CT molecular complexity index is 302. The molecule has 0 radical (unpaired) electrons. The average molecular weight is 297 g/mol. The molecule has 0 aliphatic rings. The van der Waals surface area contributed by atoms with E-state index in [1.807, 2.05) is 0 Å². The van der Waals surface area contributed by atoms with Crippen LogP contribution in [0.3, 0.4) is 0 Å². The summed E-state index contributed by atoms with van der Waals surface area (Å²) in [5.74, 6) is 0.249. The van der Waals surface area contributed by atoms with E-state index >= 15 is 0 Å². The highest BCUT2D eigenvalue weighted by atomic mass is 16.6. The van der Waals surface area contributed by atoms with Gasteiger partial charge in [0.25, 0.3) is 0 Å². The van der Waals surface area contributed by atoms with Gasteiger partial charge in [0.2, 0.25) is 0 Å². The predicted molar refractivity (Wildman–Crippen MR) is 89.8 cm³/mol. The molecule has 3 nitrogen and oxygen atoms in total. The number of ether oxygens (including phenoxy) is 1. The number of rotatable bonds is 12. The molecule has 3 unspecified atom stereocenters. The summed E-state index contributed by atoms with van der Waals surface area (Å²) >= 11 is 0. The summed E-state index contributed by atoms with van der Waals surface area (Å²) in [5, 5.41) is 0. The van der Waals surface area contributed by atoms with E-state index in [0.717, 1.165) is 6.42 Å². The lowest BCUT2D eigenvalue weighted by Gasteiger charge is -2.25. The van der Waals surface area contributed by atoms with Gasteiger partial charge in [-0.2, -0.15) is 0 Å². The maximum atomic E-state index is 11.5. The topological polar surface area (TPSA) is 52.3 Å². The highest BCUT2D eigenvalue weighted by molar-refractivity contribution is 5.87. The molecule has 0 aliphatic heterocycles. The van der Waals surface area contributed by atoms with Gasteiger partial charge in [0.15, 0.2) is 6.23 Å². The fourth-order valence-electron chi connectivity index (χ4n) is 2.34. The summed E-state index contributed by atoms with van der Waals surface area (Å²) in [4.78, 5) is 11.5. The number of unbranched alkanes of at least 4 members (excludes halogenated alkanes) is 6. The first-order valence-corrected chi connectivity index (χ1v) is 8.52. The highest BCUT2D eigenvalue weighted by Gasteiger charge is 2.22. The summed E-state index contributed by atoms with van der Waals surface area (Å²) in [6.45, 7) is 11.7. The van der Waals surface area contributed by atoms with Crippen LogP contribution in [0.5, 0.6) is 0 Å². The Morgan fingerprint density at radius 3 is 2.14 bits per heavy atom. The Kier molecular flexibility index (Phi) is 11.3. The molecular formula is C18H35NO2. The zero-order valence-electron chi connectivity index (χ0n) is 14.5. The SMILES string of the molecule is C=C(C)C(=O)OC(N)C(C)C(C)CCCCCCCCC. The van der Waals surface area contributed by atoms with E-state index in [4.69, 9.17) is 10.5 Å². The molecule has 0 aromatic heterocycles. The number of hydrogen-bond donors (Lipinski definition) is 1. The first kappa shape index (κ1) is 20.2. The molecule has 0 spiro atoms. The van der Waals surface area contributed by atoms with Crippen LogP contribution in [0.25, 0.3) is 0 Å². The molecule has 0 aliphatic carbocycles. The Balaban J connectivity index is 3.80. The van der Waals surface area contributed by atoms with E-state index in [1.165, 1.54) is 44.9 Å². The fraction of sp³-hybridized carbons (Fsp3) is 0.833. The molecule has 3 atom stereocenters. The van der Waals surface area contributed by atoms with Crippen LogP contribution < -0.4 is 5.73 Å². The third-order valence-corrected chi connectivity index (χ3v) is 4.27. The fourth-order valence-corrected chi connectivity index (χ4v) is 2.34. The smallest absolute Gasteiger partial charge is 0.334 e. The van der Waals surface area contributed by atoms with Crippen molar-refractivity contribution in [3.63, 3.8) is 0 Å². The van der Waals surface area contributed by atoms with E-state index in [2.05, 4.69) is 27.4 Å². The van der Waals surface area contributed by atoms with Gasteiger partial charge in [0.1, 0.15) is 0 Å². The van der Waals surface area contributed by atoms with Gasteiger partial charge in [0.05, 0.1) is 0 Å². The number of carbonyl (C=O) groups is 1. The van der Waals surface area contributed by atoms with Crippen LogP contribution in [0.15, 0.2) is 12.2 Å². The first-order valence-electron chi connectivity index (χ1n) is 8.52.